The van der Waals surface area contributed by atoms with E-state index < -0.39 is 0 Å². The Morgan fingerprint density at radius 2 is 1.79 bits per heavy atom. The number of nitrogens with zero attached hydrogens (tertiary/aromatic N) is 3. The first-order valence-electron chi connectivity index (χ1n) is 10.2. The zero-order valence-electron chi connectivity index (χ0n) is 16.0. The van der Waals surface area contributed by atoms with Gasteiger partial charge in [-0.05, 0) is 36.5 Å². The fraction of sp³-hybridized carbons (Fsp3) is 0.333. The largest absolute Gasteiger partial charge is 0.337 e. The van der Waals surface area contributed by atoms with Gasteiger partial charge in [0, 0.05) is 43.8 Å². The number of hydrogen-bond acceptors (Lipinski definition) is 3. The molecular weight excluding hydrogens is 346 g/mol. The zero-order valence-corrected chi connectivity index (χ0v) is 16.0. The number of piperidine rings is 1. The average Bonchev–Trinajstić information content (AvgIpc) is 3.05. The minimum absolute atomic E-state index is 0.128. The number of benzene rings is 2. The van der Waals surface area contributed by atoms with Crippen LogP contribution >= 0.6 is 0 Å². The van der Waals surface area contributed by atoms with Crippen molar-refractivity contribution in [1.82, 2.24) is 14.8 Å². The van der Waals surface area contributed by atoms with Crippen molar-refractivity contribution in [3.05, 3.63) is 78.0 Å². The molecule has 0 unspecified atom stereocenters. The molecule has 4 heterocycles. The van der Waals surface area contributed by atoms with E-state index in [1.807, 2.05) is 30.3 Å². The highest BCUT2D eigenvalue weighted by atomic mass is 16.2. The minimum atomic E-state index is 0.128. The molecule has 0 spiro atoms. The van der Waals surface area contributed by atoms with E-state index in [1.165, 1.54) is 18.4 Å². The number of rotatable bonds is 3. The van der Waals surface area contributed by atoms with Crippen molar-refractivity contribution in [3.8, 4) is 0 Å². The summed E-state index contributed by atoms with van der Waals surface area (Å²) in [7, 11) is 0. The molecule has 2 atom stereocenters. The Bertz CT molecular complexity index is 982. The summed E-state index contributed by atoms with van der Waals surface area (Å²) in [5, 5.41) is 1.02. The minimum Gasteiger partial charge on any atom is -0.337 e. The van der Waals surface area contributed by atoms with E-state index >= 15 is 0 Å². The first-order valence-corrected chi connectivity index (χ1v) is 10.2. The highest BCUT2D eigenvalue weighted by Gasteiger charge is 2.36. The molecule has 0 N–H and O–H groups in total. The van der Waals surface area contributed by atoms with Crippen molar-refractivity contribution in [1.29, 1.82) is 0 Å². The maximum atomic E-state index is 13.4. The summed E-state index contributed by atoms with van der Waals surface area (Å²) < 4.78 is 0. The second-order valence-electron chi connectivity index (χ2n) is 8.10. The molecule has 6 rings (SSSR count). The van der Waals surface area contributed by atoms with Gasteiger partial charge in [-0.15, -0.1) is 0 Å². The van der Waals surface area contributed by atoms with Crippen molar-refractivity contribution in [3.63, 3.8) is 0 Å². The molecule has 2 bridgehead atoms. The maximum absolute atomic E-state index is 13.4. The summed E-state index contributed by atoms with van der Waals surface area (Å²) in [6.07, 6.45) is 4.16. The van der Waals surface area contributed by atoms with Gasteiger partial charge in [-0.2, -0.15) is 0 Å². The van der Waals surface area contributed by atoms with Crippen LogP contribution in [0.4, 0.5) is 0 Å². The third kappa shape index (κ3) is 3.29. The van der Waals surface area contributed by atoms with E-state index in [9.17, 15) is 4.79 Å². The van der Waals surface area contributed by atoms with Crippen LogP contribution in [0.3, 0.4) is 0 Å². The number of para-hydroxylation sites is 1. The Morgan fingerprint density at radius 3 is 2.68 bits per heavy atom. The SMILES string of the molecule is O=C(c1cccc2cccnc12)N1C[C@H]2CC[C@@H](C1)N(Cc1ccccc1)C2. The summed E-state index contributed by atoms with van der Waals surface area (Å²) in [6, 6.07) is 21.0. The van der Waals surface area contributed by atoms with Crippen molar-refractivity contribution < 1.29 is 4.79 Å². The summed E-state index contributed by atoms with van der Waals surface area (Å²) >= 11 is 0. The fourth-order valence-corrected chi connectivity index (χ4v) is 4.80. The Morgan fingerprint density at radius 1 is 0.929 bits per heavy atom. The standard InChI is InChI=1S/C24H25N3O/c28-24(22-10-4-8-20-9-5-13-25-23(20)22)27-16-19-11-12-21(17-27)26(15-19)14-18-6-2-1-3-7-18/h1-10,13,19,21H,11-12,14-17H2/t19-,21-/m0/s1. The molecule has 3 fully saturated rings. The van der Waals surface area contributed by atoms with Crippen LogP contribution in [0.15, 0.2) is 66.9 Å². The lowest BCUT2D eigenvalue weighted by molar-refractivity contribution is 0.0737. The third-order valence-corrected chi connectivity index (χ3v) is 6.21. The molecule has 3 aliphatic rings. The second-order valence-corrected chi connectivity index (χ2v) is 8.10. The van der Waals surface area contributed by atoms with Crippen LogP contribution in [0.5, 0.6) is 0 Å². The molecule has 1 amide bonds. The van der Waals surface area contributed by atoms with Crippen LogP contribution in [0.1, 0.15) is 28.8 Å². The predicted octanol–water partition coefficient (Wildman–Crippen LogP) is 3.97. The lowest BCUT2D eigenvalue weighted by atomic mass is 9.94. The van der Waals surface area contributed by atoms with E-state index in [1.54, 1.807) is 6.20 Å². The van der Waals surface area contributed by atoms with Gasteiger partial charge in [0.05, 0.1) is 11.1 Å². The van der Waals surface area contributed by atoms with Crippen LogP contribution in [-0.4, -0.2) is 46.4 Å². The maximum Gasteiger partial charge on any atom is 0.256 e. The molecule has 0 aliphatic carbocycles. The van der Waals surface area contributed by atoms with Crippen molar-refractivity contribution in [2.24, 2.45) is 5.92 Å². The third-order valence-electron chi connectivity index (χ3n) is 6.21. The molecule has 4 nitrogen and oxygen atoms in total. The van der Waals surface area contributed by atoms with Crippen LogP contribution in [0.25, 0.3) is 10.9 Å². The number of carbonyl (C=O) groups excluding carboxylic acids is 1. The fourth-order valence-electron chi connectivity index (χ4n) is 4.80. The first kappa shape index (κ1) is 17.4. The van der Waals surface area contributed by atoms with Gasteiger partial charge in [-0.3, -0.25) is 14.7 Å². The highest BCUT2D eigenvalue weighted by molar-refractivity contribution is 6.05. The van der Waals surface area contributed by atoms with Gasteiger partial charge in [-0.25, -0.2) is 0 Å². The number of fused-ring (bicyclic) bond motifs is 5. The molecule has 1 aromatic heterocycles. The Kier molecular flexibility index (Phi) is 4.57. The van der Waals surface area contributed by atoms with Gasteiger partial charge in [0.1, 0.15) is 0 Å². The number of pyridine rings is 1. The van der Waals surface area contributed by atoms with Crippen molar-refractivity contribution >= 4 is 16.8 Å². The van der Waals surface area contributed by atoms with E-state index in [2.05, 4.69) is 45.1 Å². The topological polar surface area (TPSA) is 36.4 Å². The lowest BCUT2D eigenvalue weighted by Gasteiger charge is -2.36. The number of hydrogen-bond donors (Lipinski definition) is 0. The van der Waals surface area contributed by atoms with Crippen LogP contribution < -0.4 is 0 Å². The number of carbonyl (C=O) groups is 1. The highest BCUT2D eigenvalue weighted by Crippen LogP contribution is 2.30. The van der Waals surface area contributed by atoms with Gasteiger partial charge in [0.2, 0.25) is 0 Å². The average molecular weight is 371 g/mol. The quantitative estimate of drug-likeness (QED) is 0.699. The Hall–Kier alpha value is -2.72. The summed E-state index contributed by atoms with van der Waals surface area (Å²) in [4.78, 5) is 22.6. The summed E-state index contributed by atoms with van der Waals surface area (Å²) in [5.41, 5.74) is 2.90. The molecule has 3 saturated heterocycles. The molecule has 28 heavy (non-hydrogen) atoms. The molecule has 142 valence electrons. The predicted molar refractivity (Wildman–Crippen MR) is 111 cm³/mol. The molecule has 2 aromatic carbocycles. The number of aromatic nitrogens is 1. The van der Waals surface area contributed by atoms with Gasteiger partial charge in [0.15, 0.2) is 0 Å². The monoisotopic (exact) mass is 371 g/mol. The molecule has 3 aromatic rings. The van der Waals surface area contributed by atoms with Crippen LogP contribution in [-0.2, 0) is 6.54 Å². The molecular formula is C24H25N3O. The van der Waals surface area contributed by atoms with E-state index in [0.29, 0.717) is 12.0 Å². The molecule has 4 heteroatoms. The Balaban J connectivity index is 1.39. The van der Waals surface area contributed by atoms with Gasteiger partial charge >= 0.3 is 0 Å². The lowest BCUT2D eigenvalue weighted by Crippen LogP contribution is -2.43. The van der Waals surface area contributed by atoms with Crippen molar-refractivity contribution in [2.45, 2.75) is 25.4 Å². The number of amides is 1. The normalized spacial score (nSPS) is 22.4. The molecule has 0 radical (unpaired) electrons. The van der Waals surface area contributed by atoms with E-state index in [0.717, 1.165) is 42.6 Å². The molecule has 3 aliphatic heterocycles. The van der Waals surface area contributed by atoms with E-state index in [4.69, 9.17) is 0 Å². The van der Waals surface area contributed by atoms with Crippen molar-refractivity contribution in [2.75, 3.05) is 19.6 Å². The summed E-state index contributed by atoms with van der Waals surface area (Å²) in [5.74, 6) is 0.678. The van der Waals surface area contributed by atoms with Crippen LogP contribution in [0, 0.1) is 5.92 Å². The Labute approximate surface area is 165 Å². The smallest absolute Gasteiger partial charge is 0.256 e. The van der Waals surface area contributed by atoms with Gasteiger partial charge < -0.3 is 4.90 Å². The van der Waals surface area contributed by atoms with Crippen LogP contribution in [0.2, 0.25) is 0 Å². The van der Waals surface area contributed by atoms with E-state index in [-0.39, 0.29) is 5.91 Å². The second kappa shape index (κ2) is 7.36. The van der Waals surface area contributed by atoms with Gasteiger partial charge in [0.25, 0.3) is 5.91 Å². The molecule has 0 saturated carbocycles. The first-order chi connectivity index (χ1) is 13.8. The van der Waals surface area contributed by atoms with Gasteiger partial charge in [-0.1, -0.05) is 48.5 Å². The zero-order chi connectivity index (χ0) is 18.9. The summed E-state index contributed by atoms with van der Waals surface area (Å²) in [6.45, 7) is 3.71.